The third-order valence-electron chi connectivity index (χ3n) is 3.24. The number of nitrogens with one attached hydrogen (secondary N) is 2. The van der Waals surface area contributed by atoms with Gasteiger partial charge < -0.3 is 4.90 Å². The third-order valence-corrected chi connectivity index (χ3v) is 3.24. The maximum Gasteiger partial charge on any atom is 0.100 e. The fourth-order valence-electron chi connectivity index (χ4n) is 2.54. The van der Waals surface area contributed by atoms with Crippen LogP contribution < -0.4 is 15.5 Å². The molecule has 3 unspecified atom stereocenters. The molecule has 1 saturated heterocycles. The average molecular weight is 231 g/mol. The molecule has 2 N–H and O–H groups in total. The number of nitrogens with zero attached hydrogens (tertiary/aromatic N) is 1. The molecule has 3 nitrogen and oxygen atoms in total. The molecule has 0 saturated carbocycles. The van der Waals surface area contributed by atoms with Crippen LogP contribution in [0.1, 0.15) is 13.8 Å². The van der Waals surface area contributed by atoms with E-state index in [2.05, 4.69) is 71.9 Å². The van der Waals surface area contributed by atoms with Crippen molar-refractivity contribution in [3.8, 4) is 0 Å². The Morgan fingerprint density at radius 1 is 1.29 bits per heavy atom. The van der Waals surface area contributed by atoms with E-state index in [1.165, 1.54) is 5.69 Å². The Bertz CT molecular complexity index is 374. The second kappa shape index (κ2) is 5.34. The van der Waals surface area contributed by atoms with Gasteiger partial charge in [0.15, 0.2) is 0 Å². The molecule has 0 radical (unpaired) electrons. The quantitative estimate of drug-likeness (QED) is 0.778. The Balaban J connectivity index is 2.27. The van der Waals surface area contributed by atoms with Crippen molar-refractivity contribution in [1.29, 1.82) is 0 Å². The van der Waals surface area contributed by atoms with Crippen LogP contribution >= 0.6 is 0 Å². The summed E-state index contributed by atoms with van der Waals surface area (Å²) in [5.41, 5.74) is 1.25. The number of anilines is 1. The van der Waals surface area contributed by atoms with Gasteiger partial charge in [-0.2, -0.15) is 0 Å². The van der Waals surface area contributed by atoms with E-state index in [1.54, 1.807) is 0 Å². The smallest absolute Gasteiger partial charge is 0.100 e. The van der Waals surface area contributed by atoms with E-state index in [-0.39, 0.29) is 0 Å². The van der Waals surface area contributed by atoms with Gasteiger partial charge in [0, 0.05) is 5.69 Å². The molecule has 2 rings (SSSR count). The predicted octanol–water partition coefficient (Wildman–Crippen LogP) is 1.93. The zero-order chi connectivity index (χ0) is 12.3. The highest BCUT2D eigenvalue weighted by molar-refractivity contribution is 5.50. The zero-order valence-electron chi connectivity index (χ0n) is 10.7. The molecule has 92 valence electrons. The first-order chi connectivity index (χ1) is 8.27. The lowest BCUT2D eigenvalue weighted by atomic mass is 10.2. The summed E-state index contributed by atoms with van der Waals surface area (Å²) in [5.74, 6) is 0. The van der Waals surface area contributed by atoms with Crippen LogP contribution in [0.3, 0.4) is 0 Å². The molecule has 1 aromatic carbocycles. The minimum Gasteiger partial charge on any atom is -0.339 e. The zero-order valence-corrected chi connectivity index (χ0v) is 10.7. The van der Waals surface area contributed by atoms with Gasteiger partial charge in [-0.05, 0) is 33.0 Å². The molecule has 0 aromatic heterocycles. The van der Waals surface area contributed by atoms with Gasteiger partial charge in [0.25, 0.3) is 0 Å². The van der Waals surface area contributed by atoms with Gasteiger partial charge in [0.1, 0.15) is 6.17 Å². The van der Waals surface area contributed by atoms with Gasteiger partial charge in [-0.25, -0.2) is 0 Å². The number of para-hydroxylation sites is 1. The average Bonchev–Trinajstić information content (AvgIpc) is 2.67. The Morgan fingerprint density at radius 2 is 2.00 bits per heavy atom. The number of benzene rings is 1. The summed E-state index contributed by atoms with van der Waals surface area (Å²) in [7, 11) is 2.01. The lowest BCUT2D eigenvalue weighted by Crippen LogP contribution is -2.46. The Kier molecular flexibility index (Phi) is 3.82. The predicted molar refractivity (Wildman–Crippen MR) is 73.0 cm³/mol. The number of likely N-dealkylation sites (N-methyl/N-ethyl adjacent to an activating group) is 1. The SMILES string of the molecule is C/C=C\C1NC(C)N(c2ccccc2)C1NC. The van der Waals surface area contributed by atoms with Crippen molar-refractivity contribution < 1.29 is 0 Å². The van der Waals surface area contributed by atoms with Crippen LogP contribution in [0.25, 0.3) is 0 Å². The van der Waals surface area contributed by atoms with E-state index >= 15 is 0 Å². The molecule has 3 heteroatoms. The van der Waals surface area contributed by atoms with E-state index < -0.39 is 0 Å². The maximum atomic E-state index is 3.58. The molecule has 0 amide bonds. The van der Waals surface area contributed by atoms with Gasteiger partial charge in [-0.3, -0.25) is 10.6 Å². The van der Waals surface area contributed by atoms with E-state index in [1.807, 2.05) is 7.05 Å². The summed E-state index contributed by atoms with van der Waals surface area (Å²) in [6, 6.07) is 10.9. The van der Waals surface area contributed by atoms with E-state index in [9.17, 15) is 0 Å². The summed E-state index contributed by atoms with van der Waals surface area (Å²) in [6.07, 6.45) is 4.93. The fourth-order valence-corrected chi connectivity index (χ4v) is 2.54. The molecule has 1 heterocycles. The minimum absolute atomic E-state index is 0.295. The molecule has 0 spiro atoms. The van der Waals surface area contributed by atoms with Crippen molar-refractivity contribution in [3.63, 3.8) is 0 Å². The van der Waals surface area contributed by atoms with Gasteiger partial charge >= 0.3 is 0 Å². The van der Waals surface area contributed by atoms with E-state index in [0.29, 0.717) is 18.4 Å². The Labute approximate surface area is 104 Å². The largest absolute Gasteiger partial charge is 0.339 e. The van der Waals surface area contributed by atoms with E-state index in [0.717, 1.165) is 0 Å². The normalized spacial score (nSPS) is 29.1. The summed E-state index contributed by atoms with van der Waals surface area (Å²) < 4.78 is 0. The first kappa shape index (κ1) is 12.1. The summed E-state index contributed by atoms with van der Waals surface area (Å²) in [5, 5.41) is 6.97. The monoisotopic (exact) mass is 231 g/mol. The first-order valence-corrected chi connectivity index (χ1v) is 6.17. The molecule has 1 aromatic rings. The van der Waals surface area contributed by atoms with Crippen LogP contribution in [0.15, 0.2) is 42.5 Å². The summed E-state index contributed by atoms with van der Waals surface area (Å²) in [6.45, 7) is 4.26. The second-order valence-corrected chi connectivity index (χ2v) is 4.37. The fraction of sp³-hybridized carbons (Fsp3) is 0.429. The highest BCUT2D eigenvalue weighted by Gasteiger charge is 2.35. The number of hydrogen-bond donors (Lipinski definition) is 2. The molecule has 1 aliphatic heterocycles. The number of allylic oxidation sites excluding steroid dienone is 1. The van der Waals surface area contributed by atoms with Crippen molar-refractivity contribution in [3.05, 3.63) is 42.5 Å². The van der Waals surface area contributed by atoms with Crippen LogP contribution in [-0.4, -0.2) is 25.4 Å². The van der Waals surface area contributed by atoms with Gasteiger partial charge in [0.2, 0.25) is 0 Å². The van der Waals surface area contributed by atoms with Crippen molar-refractivity contribution in [2.24, 2.45) is 0 Å². The molecule has 3 atom stereocenters. The van der Waals surface area contributed by atoms with Crippen LogP contribution in [0.5, 0.6) is 0 Å². The molecular weight excluding hydrogens is 210 g/mol. The van der Waals surface area contributed by atoms with Gasteiger partial charge in [-0.15, -0.1) is 0 Å². The second-order valence-electron chi connectivity index (χ2n) is 4.37. The number of hydrogen-bond acceptors (Lipinski definition) is 3. The topological polar surface area (TPSA) is 27.3 Å². The van der Waals surface area contributed by atoms with Crippen molar-refractivity contribution in [1.82, 2.24) is 10.6 Å². The highest BCUT2D eigenvalue weighted by Crippen LogP contribution is 2.24. The molecule has 1 fully saturated rings. The van der Waals surface area contributed by atoms with Gasteiger partial charge in [0.05, 0.1) is 12.2 Å². The number of rotatable bonds is 3. The highest BCUT2D eigenvalue weighted by atomic mass is 15.4. The minimum atomic E-state index is 0.295. The van der Waals surface area contributed by atoms with Crippen LogP contribution in [-0.2, 0) is 0 Å². The maximum absolute atomic E-state index is 3.58. The summed E-state index contributed by atoms with van der Waals surface area (Å²) in [4.78, 5) is 2.38. The van der Waals surface area contributed by atoms with Crippen molar-refractivity contribution in [2.75, 3.05) is 11.9 Å². The molecule has 1 aliphatic rings. The third kappa shape index (κ3) is 2.35. The molecule has 17 heavy (non-hydrogen) atoms. The lowest BCUT2D eigenvalue weighted by molar-refractivity contribution is 0.544. The van der Waals surface area contributed by atoms with Crippen molar-refractivity contribution >= 4 is 5.69 Å². The van der Waals surface area contributed by atoms with Crippen LogP contribution in [0.4, 0.5) is 5.69 Å². The first-order valence-electron chi connectivity index (χ1n) is 6.17. The Morgan fingerprint density at radius 3 is 2.59 bits per heavy atom. The van der Waals surface area contributed by atoms with Gasteiger partial charge in [-0.1, -0.05) is 30.4 Å². The van der Waals surface area contributed by atoms with Crippen molar-refractivity contribution in [2.45, 2.75) is 32.2 Å². The summed E-state index contributed by atoms with van der Waals surface area (Å²) >= 11 is 0. The molecular formula is C14H21N3. The van der Waals surface area contributed by atoms with E-state index in [4.69, 9.17) is 0 Å². The standard InChI is InChI=1S/C14H21N3/c1-4-8-13-14(15-3)17(11(2)16-13)12-9-6-5-7-10-12/h4-11,13-16H,1-3H3/b8-4-. The lowest BCUT2D eigenvalue weighted by Gasteiger charge is -2.30. The molecule has 0 aliphatic carbocycles. The van der Waals surface area contributed by atoms with Crippen LogP contribution in [0, 0.1) is 0 Å². The molecule has 0 bridgehead atoms. The Hall–Kier alpha value is -1.32. The van der Waals surface area contributed by atoms with Crippen LogP contribution in [0.2, 0.25) is 0 Å².